The molecule has 0 bridgehead atoms. The number of urea groups is 1. The summed E-state index contributed by atoms with van der Waals surface area (Å²) >= 11 is 0. The molecule has 1 aromatic carbocycles. The van der Waals surface area contributed by atoms with E-state index < -0.39 is 17.8 Å². The van der Waals surface area contributed by atoms with Gasteiger partial charge in [-0.15, -0.1) is 0 Å². The van der Waals surface area contributed by atoms with Gasteiger partial charge in [-0.3, -0.25) is 14.5 Å². The molecule has 2 N–H and O–H groups in total. The molecule has 0 radical (unpaired) electrons. The van der Waals surface area contributed by atoms with Crippen molar-refractivity contribution in [1.29, 1.82) is 0 Å². The van der Waals surface area contributed by atoms with Crippen LogP contribution in [0.15, 0.2) is 18.2 Å². The molecule has 0 spiro atoms. The fourth-order valence-electron chi connectivity index (χ4n) is 2.94. The Morgan fingerprint density at radius 2 is 2.00 bits per heavy atom. The summed E-state index contributed by atoms with van der Waals surface area (Å²) in [7, 11) is 0. The number of benzene rings is 1. The normalized spacial score (nSPS) is 21.3. The number of nitrogens with one attached hydrogen (secondary N) is 2. The Kier molecular flexibility index (Phi) is 4.37. The number of anilines is 1. The summed E-state index contributed by atoms with van der Waals surface area (Å²) in [5, 5.41) is 5.38. The van der Waals surface area contributed by atoms with Gasteiger partial charge in [-0.25, -0.2) is 9.18 Å². The quantitative estimate of drug-likeness (QED) is 0.836. The fourth-order valence-corrected chi connectivity index (χ4v) is 2.94. The maximum absolute atomic E-state index is 14.2. The van der Waals surface area contributed by atoms with Crippen molar-refractivity contribution in [2.24, 2.45) is 0 Å². The molecular formula is C16H19FN4O3. The summed E-state index contributed by atoms with van der Waals surface area (Å²) in [5.74, 6) is -1.46. The number of nitrogens with zero attached hydrogens (tertiary/aromatic N) is 2. The van der Waals surface area contributed by atoms with E-state index in [0.717, 1.165) is 0 Å². The number of carbonyl (C=O) groups excluding carboxylic acids is 3. The monoisotopic (exact) mass is 334 g/mol. The van der Waals surface area contributed by atoms with Crippen molar-refractivity contribution in [3.63, 3.8) is 0 Å². The molecule has 24 heavy (non-hydrogen) atoms. The fraction of sp³-hybridized carbons (Fsp3) is 0.438. The number of halogens is 1. The lowest BCUT2D eigenvalue weighted by molar-refractivity contribution is -0.124. The Balaban J connectivity index is 1.91. The van der Waals surface area contributed by atoms with Crippen LogP contribution in [-0.4, -0.2) is 55.0 Å². The summed E-state index contributed by atoms with van der Waals surface area (Å²) < 4.78 is 14.2. The average Bonchev–Trinajstić information content (AvgIpc) is 2.92. The number of amides is 4. The van der Waals surface area contributed by atoms with E-state index >= 15 is 0 Å². The first kappa shape index (κ1) is 16.2. The lowest BCUT2D eigenvalue weighted by atomic mass is 10.1. The van der Waals surface area contributed by atoms with E-state index in [1.165, 1.54) is 28.0 Å². The molecule has 0 aliphatic carbocycles. The number of hydrogen-bond donors (Lipinski definition) is 2. The molecule has 1 aromatic rings. The Bertz CT molecular complexity index is 694. The van der Waals surface area contributed by atoms with Crippen molar-refractivity contribution < 1.29 is 18.8 Å². The van der Waals surface area contributed by atoms with Crippen molar-refractivity contribution in [1.82, 2.24) is 15.5 Å². The minimum Gasteiger partial charge on any atom is -0.354 e. The Labute approximate surface area is 138 Å². The minimum atomic E-state index is -0.668. The molecular weight excluding hydrogens is 315 g/mol. The molecule has 128 valence electrons. The highest BCUT2D eigenvalue weighted by Crippen LogP contribution is 2.23. The van der Waals surface area contributed by atoms with Crippen LogP contribution in [0.5, 0.6) is 0 Å². The Hall–Kier alpha value is -2.64. The lowest BCUT2D eigenvalue weighted by Gasteiger charge is -2.26. The molecule has 2 aliphatic rings. The van der Waals surface area contributed by atoms with Crippen LogP contribution in [0.1, 0.15) is 23.7 Å². The predicted molar refractivity (Wildman–Crippen MR) is 85.3 cm³/mol. The van der Waals surface area contributed by atoms with Crippen LogP contribution < -0.4 is 15.5 Å². The maximum Gasteiger partial charge on any atom is 0.321 e. The number of carbonyl (C=O) groups is 3. The van der Waals surface area contributed by atoms with Crippen LogP contribution >= 0.6 is 0 Å². The summed E-state index contributed by atoms with van der Waals surface area (Å²) in [6.07, 6.45) is 0.609. The third kappa shape index (κ3) is 2.91. The highest BCUT2D eigenvalue weighted by Gasteiger charge is 2.31. The van der Waals surface area contributed by atoms with Gasteiger partial charge in [0.25, 0.3) is 5.91 Å². The van der Waals surface area contributed by atoms with E-state index in [2.05, 4.69) is 10.6 Å². The van der Waals surface area contributed by atoms with E-state index in [4.69, 9.17) is 0 Å². The van der Waals surface area contributed by atoms with Gasteiger partial charge in [-0.05, 0) is 31.5 Å². The second-order valence-corrected chi connectivity index (χ2v) is 5.87. The number of hydrogen-bond acceptors (Lipinski definition) is 3. The van der Waals surface area contributed by atoms with Crippen molar-refractivity contribution in [2.45, 2.75) is 19.4 Å². The highest BCUT2D eigenvalue weighted by molar-refractivity contribution is 6.00. The van der Waals surface area contributed by atoms with Gasteiger partial charge in [0.15, 0.2) is 0 Å². The topological polar surface area (TPSA) is 81.8 Å². The second-order valence-electron chi connectivity index (χ2n) is 5.87. The zero-order valence-electron chi connectivity index (χ0n) is 13.3. The van der Waals surface area contributed by atoms with E-state index in [0.29, 0.717) is 38.3 Å². The van der Waals surface area contributed by atoms with Crippen LogP contribution in [0.4, 0.5) is 14.9 Å². The first-order valence-corrected chi connectivity index (χ1v) is 7.92. The zero-order chi connectivity index (χ0) is 17.3. The molecule has 1 atom stereocenters. The van der Waals surface area contributed by atoms with Crippen molar-refractivity contribution >= 4 is 23.5 Å². The SMILES string of the molecule is C[C@H]1C(=O)NCCCN1C(=O)c1cc(N2CCNC2=O)ccc1F. The standard InChI is InChI=1S/C16H19FN4O3/c1-10-14(22)18-5-2-7-20(10)15(23)12-9-11(3-4-13(12)17)21-8-6-19-16(21)24/h3-4,9-10H,2,5-8H2,1H3,(H,18,22)(H,19,24)/t10-/m0/s1. The van der Waals surface area contributed by atoms with Crippen LogP contribution in [0.3, 0.4) is 0 Å². The first-order valence-electron chi connectivity index (χ1n) is 7.92. The van der Waals surface area contributed by atoms with Crippen LogP contribution in [0.25, 0.3) is 0 Å². The van der Waals surface area contributed by atoms with Gasteiger partial charge in [-0.1, -0.05) is 0 Å². The van der Waals surface area contributed by atoms with Gasteiger partial charge in [-0.2, -0.15) is 0 Å². The van der Waals surface area contributed by atoms with E-state index in [1.807, 2.05) is 0 Å². The van der Waals surface area contributed by atoms with Crippen LogP contribution in [0, 0.1) is 5.82 Å². The van der Waals surface area contributed by atoms with E-state index in [1.54, 1.807) is 6.92 Å². The minimum absolute atomic E-state index is 0.131. The molecule has 3 rings (SSSR count). The molecule has 8 heteroatoms. The molecule has 0 saturated carbocycles. The molecule has 2 aliphatic heterocycles. The van der Waals surface area contributed by atoms with Crippen molar-refractivity contribution in [3.05, 3.63) is 29.6 Å². The third-order valence-corrected chi connectivity index (χ3v) is 4.33. The van der Waals surface area contributed by atoms with Gasteiger partial charge in [0.2, 0.25) is 5.91 Å². The lowest BCUT2D eigenvalue weighted by Crippen LogP contribution is -2.45. The largest absolute Gasteiger partial charge is 0.354 e. The first-order chi connectivity index (χ1) is 11.5. The van der Waals surface area contributed by atoms with Crippen LogP contribution in [-0.2, 0) is 4.79 Å². The van der Waals surface area contributed by atoms with E-state index in [9.17, 15) is 18.8 Å². The molecule has 2 saturated heterocycles. The second kappa shape index (κ2) is 6.46. The molecule has 7 nitrogen and oxygen atoms in total. The van der Waals surface area contributed by atoms with Crippen molar-refractivity contribution in [3.8, 4) is 0 Å². The Morgan fingerprint density at radius 3 is 2.71 bits per heavy atom. The van der Waals surface area contributed by atoms with Gasteiger partial charge in [0, 0.05) is 31.9 Å². The predicted octanol–water partition coefficient (Wildman–Crippen LogP) is 0.706. The van der Waals surface area contributed by atoms with Gasteiger partial charge in [0.1, 0.15) is 11.9 Å². The summed E-state index contributed by atoms with van der Waals surface area (Å²) in [6, 6.07) is 3.07. The van der Waals surface area contributed by atoms with Gasteiger partial charge in [0.05, 0.1) is 5.56 Å². The highest BCUT2D eigenvalue weighted by atomic mass is 19.1. The average molecular weight is 334 g/mol. The zero-order valence-corrected chi connectivity index (χ0v) is 13.3. The number of rotatable bonds is 2. The van der Waals surface area contributed by atoms with Crippen LogP contribution in [0.2, 0.25) is 0 Å². The summed E-state index contributed by atoms with van der Waals surface area (Å²) in [5.41, 5.74) is 0.329. The molecule has 2 heterocycles. The molecule has 0 unspecified atom stereocenters. The third-order valence-electron chi connectivity index (χ3n) is 4.33. The molecule has 4 amide bonds. The maximum atomic E-state index is 14.2. The summed E-state index contributed by atoms with van der Waals surface area (Å²) in [4.78, 5) is 39.2. The van der Waals surface area contributed by atoms with Gasteiger partial charge >= 0.3 is 6.03 Å². The Morgan fingerprint density at radius 1 is 1.21 bits per heavy atom. The van der Waals surface area contributed by atoms with Gasteiger partial charge < -0.3 is 15.5 Å². The van der Waals surface area contributed by atoms with E-state index in [-0.39, 0.29) is 17.5 Å². The summed E-state index contributed by atoms with van der Waals surface area (Å²) in [6.45, 7) is 3.44. The smallest absolute Gasteiger partial charge is 0.321 e. The molecule has 2 fully saturated rings. The van der Waals surface area contributed by atoms with Crippen molar-refractivity contribution in [2.75, 3.05) is 31.1 Å². The molecule has 0 aromatic heterocycles.